The normalized spacial score (nSPS) is 14.6. The third-order valence-electron chi connectivity index (χ3n) is 5.61. The Labute approximate surface area is 169 Å². The number of aryl methyl sites for hydroxylation is 1. The molecule has 0 aliphatic heterocycles. The van der Waals surface area contributed by atoms with Gasteiger partial charge in [0.1, 0.15) is 0 Å². The molecule has 0 aromatic heterocycles. The summed E-state index contributed by atoms with van der Waals surface area (Å²) in [6.07, 6.45) is 10.0. The summed E-state index contributed by atoms with van der Waals surface area (Å²) >= 11 is 0. The summed E-state index contributed by atoms with van der Waals surface area (Å²) in [4.78, 5) is 0. The van der Waals surface area contributed by atoms with Gasteiger partial charge in [0.2, 0.25) is 0 Å². The molecule has 0 aliphatic rings. The number of benzene rings is 1. The van der Waals surface area contributed by atoms with E-state index in [4.69, 9.17) is 4.43 Å². The Hall–Kier alpha value is -1.30. The molecule has 0 spiro atoms. The van der Waals surface area contributed by atoms with Gasteiger partial charge in [-0.1, -0.05) is 88.8 Å². The van der Waals surface area contributed by atoms with Gasteiger partial charge in [-0.25, -0.2) is 0 Å². The Morgan fingerprint density at radius 3 is 2.41 bits per heavy atom. The molecule has 0 heterocycles. The molecule has 0 saturated heterocycles. The van der Waals surface area contributed by atoms with E-state index in [1.165, 1.54) is 18.4 Å². The van der Waals surface area contributed by atoms with Crippen molar-refractivity contribution in [1.29, 1.82) is 0 Å². The van der Waals surface area contributed by atoms with Crippen LogP contribution in [0.25, 0.3) is 0 Å². The topological polar surface area (TPSA) is 9.23 Å². The molecule has 0 fully saturated rings. The highest BCUT2D eigenvalue weighted by Crippen LogP contribution is 2.38. The van der Waals surface area contributed by atoms with Crippen molar-refractivity contribution in [1.82, 2.24) is 0 Å². The largest absolute Gasteiger partial charge is 0.413 e. The van der Waals surface area contributed by atoms with Crippen LogP contribution in [-0.2, 0) is 10.8 Å². The van der Waals surface area contributed by atoms with Crippen LogP contribution in [0.1, 0.15) is 65.9 Å². The van der Waals surface area contributed by atoms with Gasteiger partial charge in [0, 0.05) is 5.92 Å². The summed E-state index contributed by atoms with van der Waals surface area (Å²) in [5, 5.41) is 0.213. The predicted octanol–water partition coefficient (Wildman–Crippen LogP) is 7.40. The zero-order valence-electron chi connectivity index (χ0n) is 18.6. The molecule has 0 unspecified atom stereocenters. The standard InChI is InChI=1S/C25H40OSi/c1-8-9-10-11-12-14-17-22(2)24(26-27(6,7)25(3,4)5)21-20-23-18-15-13-16-19-23/h11-13,15-16,18-19,22,24H,8-10,20-21H2,1-7H3/b12-11+/t22-,24+/m1/s1. The first-order chi connectivity index (χ1) is 12.7. The SMILES string of the molecule is CCCC/C=C/C#C[C@@H](C)[C@H](CCc1ccccc1)O[Si](C)(C)C(C)(C)C. The molecule has 1 aromatic rings. The first kappa shape index (κ1) is 23.7. The Kier molecular flexibility index (Phi) is 10.1. The van der Waals surface area contributed by atoms with Crippen LogP contribution in [0, 0.1) is 17.8 Å². The Bertz CT molecular complexity index is 613. The second-order valence-corrected chi connectivity index (χ2v) is 13.8. The third-order valence-corrected chi connectivity index (χ3v) is 10.1. The maximum absolute atomic E-state index is 6.79. The predicted molar refractivity (Wildman–Crippen MR) is 122 cm³/mol. The number of rotatable bonds is 9. The second-order valence-electron chi connectivity index (χ2n) is 9.06. The summed E-state index contributed by atoms with van der Waals surface area (Å²) in [5.74, 6) is 6.92. The fourth-order valence-electron chi connectivity index (χ4n) is 2.66. The molecule has 1 nitrogen and oxygen atoms in total. The minimum atomic E-state index is -1.82. The number of hydrogen-bond donors (Lipinski definition) is 0. The molecule has 0 N–H and O–H groups in total. The Morgan fingerprint density at radius 1 is 1.15 bits per heavy atom. The smallest absolute Gasteiger partial charge is 0.192 e. The summed E-state index contributed by atoms with van der Waals surface area (Å²) in [6.45, 7) is 16.0. The highest BCUT2D eigenvalue weighted by molar-refractivity contribution is 6.74. The van der Waals surface area contributed by atoms with E-state index in [1.54, 1.807) is 0 Å². The van der Waals surface area contributed by atoms with Crippen molar-refractivity contribution in [2.24, 2.45) is 5.92 Å². The van der Waals surface area contributed by atoms with Gasteiger partial charge < -0.3 is 4.43 Å². The van der Waals surface area contributed by atoms with E-state index in [2.05, 4.69) is 96.0 Å². The Balaban J connectivity index is 2.82. The van der Waals surface area contributed by atoms with Crippen LogP contribution >= 0.6 is 0 Å². The molecule has 0 amide bonds. The highest BCUT2D eigenvalue weighted by atomic mass is 28.4. The lowest BCUT2D eigenvalue weighted by Crippen LogP contribution is -2.45. The molecule has 0 radical (unpaired) electrons. The molecule has 0 saturated carbocycles. The van der Waals surface area contributed by atoms with Crippen molar-refractivity contribution in [3.8, 4) is 11.8 Å². The van der Waals surface area contributed by atoms with Gasteiger partial charge in [0.15, 0.2) is 8.32 Å². The minimum absolute atomic E-state index is 0.183. The van der Waals surface area contributed by atoms with E-state index >= 15 is 0 Å². The molecule has 1 rings (SSSR count). The van der Waals surface area contributed by atoms with E-state index in [0.717, 1.165) is 19.3 Å². The summed E-state index contributed by atoms with van der Waals surface area (Å²) in [6, 6.07) is 10.7. The fraction of sp³-hybridized carbons (Fsp3) is 0.600. The maximum Gasteiger partial charge on any atom is 0.192 e. The van der Waals surface area contributed by atoms with Gasteiger partial charge in [0.25, 0.3) is 0 Å². The average molecular weight is 385 g/mol. The van der Waals surface area contributed by atoms with Crippen molar-refractivity contribution in [3.05, 3.63) is 48.0 Å². The van der Waals surface area contributed by atoms with E-state index in [9.17, 15) is 0 Å². The minimum Gasteiger partial charge on any atom is -0.413 e. The first-order valence-electron chi connectivity index (χ1n) is 10.5. The van der Waals surface area contributed by atoms with E-state index in [0.29, 0.717) is 0 Å². The maximum atomic E-state index is 6.79. The number of allylic oxidation sites excluding steroid dienone is 2. The van der Waals surface area contributed by atoms with E-state index < -0.39 is 8.32 Å². The van der Waals surface area contributed by atoms with Gasteiger partial charge in [-0.3, -0.25) is 0 Å². The molecule has 150 valence electrons. The summed E-state index contributed by atoms with van der Waals surface area (Å²) in [7, 11) is -1.82. The Morgan fingerprint density at radius 2 is 1.81 bits per heavy atom. The molecule has 27 heavy (non-hydrogen) atoms. The van der Waals surface area contributed by atoms with Crippen molar-refractivity contribution >= 4 is 8.32 Å². The van der Waals surface area contributed by atoms with Crippen LogP contribution in [0.15, 0.2) is 42.5 Å². The lowest BCUT2D eigenvalue weighted by molar-refractivity contribution is 0.140. The molecule has 0 bridgehead atoms. The second kappa shape index (κ2) is 11.5. The molecular weight excluding hydrogens is 344 g/mol. The lowest BCUT2D eigenvalue weighted by atomic mass is 9.98. The molecule has 1 aromatic carbocycles. The number of hydrogen-bond acceptors (Lipinski definition) is 1. The van der Waals surface area contributed by atoms with Crippen LogP contribution in [0.5, 0.6) is 0 Å². The van der Waals surface area contributed by atoms with Crippen LogP contribution in [0.3, 0.4) is 0 Å². The van der Waals surface area contributed by atoms with Crippen molar-refractivity contribution in [2.75, 3.05) is 0 Å². The third kappa shape index (κ3) is 8.95. The fourth-order valence-corrected chi connectivity index (χ4v) is 4.09. The highest BCUT2D eigenvalue weighted by Gasteiger charge is 2.39. The molecular formula is C25H40OSi. The quantitative estimate of drug-likeness (QED) is 0.245. The monoisotopic (exact) mass is 384 g/mol. The first-order valence-corrected chi connectivity index (χ1v) is 13.5. The van der Waals surface area contributed by atoms with Crippen LogP contribution in [-0.4, -0.2) is 14.4 Å². The number of unbranched alkanes of at least 4 members (excludes halogenated alkanes) is 2. The molecule has 0 aliphatic carbocycles. The van der Waals surface area contributed by atoms with Crippen molar-refractivity contribution in [3.63, 3.8) is 0 Å². The zero-order chi connectivity index (χ0) is 20.3. The van der Waals surface area contributed by atoms with Gasteiger partial charge >= 0.3 is 0 Å². The zero-order valence-corrected chi connectivity index (χ0v) is 19.6. The van der Waals surface area contributed by atoms with Gasteiger partial charge in [-0.15, -0.1) is 0 Å². The molecule has 2 atom stereocenters. The average Bonchev–Trinajstić information content (AvgIpc) is 2.61. The van der Waals surface area contributed by atoms with Crippen molar-refractivity contribution < 1.29 is 4.43 Å². The van der Waals surface area contributed by atoms with Crippen LogP contribution < -0.4 is 0 Å². The van der Waals surface area contributed by atoms with Gasteiger partial charge in [-0.05, 0) is 56.0 Å². The van der Waals surface area contributed by atoms with Crippen LogP contribution in [0.2, 0.25) is 18.1 Å². The van der Waals surface area contributed by atoms with Gasteiger partial charge in [-0.2, -0.15) is 0 Å². The summed E-state index contributed by atoms with van der Waals surface area (Å²) < 4.78 is 6.79. The van der Waals surface area contributed by atoms with Crippen molar-refractivity contribution in [2.45, 2.75) is 91.0 Å². The van der Waals surface area contributed by atoms with E-state index in [1.807, 2.05) is 6.08 Å². The summed E-state index contributed by atoms with van der Waals surface area (Å²) in [5.41, 5.74) is 1.38. The van der Waals surface area contributed by atoms with Gasteiger partial charge in [0.05, 0.1) is 6.10 Å². The van der Waals surface area contributed by atoms with Crippen LogP contribution in [0.4, 0.5) is 0 Å². The lowest BCUT2D eigenvalue weighted by Gasteiger charge is -2.40. The van der Waals surface area contributed by atoms with E-state index in [-0.39, 0.29) is 17.1 Å². The molecule has 2 heteroatoms.